The van der Waals surface area contributed by atoms with E-state index in [1.165, 1.54) is 0 Å². The van der Waals surface area contributed by atoms with Gasteiger partial charge in [-0.25, -0.2) is 4.79 Å². The molecule has 2 N–H and O–H groups in total. The van der Waals surface area contributed by atoms with E-state index in [9.17, 15) is 28.2 Å². The molecule has 236 valence electrons. The lowest BCUT2D eigenvalue weighted by molar-refractivity contribution is 0.0693. The number of aromatic carboxylic acids is 1. The first-order chi connectivity index (χ1) is 22.7. The summed E-state index contributed by atoms with van der Waals surface area (Å²) >= 11 is 0. The van der Waals surface area contributed by atoms with E-state index in [1.54, 1.807) is 60.7 Å². The Bertz CT molecular complexity index is 2160. The Morgan fingerprint density at radius 1 is 0.787 bits per heavy atom. The first-order valence-corrected chi connectivity index (χ1v) is 16.4. The van der Waals surface area contributed by atoms with Crippen molar-refractivity contribution in [1.29, 1.82) is 0 Å². The van der Waals surface area contributed by atoms with Crippen LogP contribution >= 0.6 is 0 Å². The lowest BCUT2D eigenvalue weighted by Gasteiger charge is -2.18. The van der Waals surface area contributed by atoms with Gasteiger partial charge in [-0.15, -0.1) is 0 Å². The lowest BCUT2D eigenvalue weighted by atomic mass is 9.90. The van der Waals surface area contributed by atoms with Crippen molar-refractivity contribution in [2.75, 3.05) is 0 Å². The highest BCUT2D eigenvalue weighted by Gasteiger charge is 2.28. The minimum absolute atomic E-state index is 0.0380. The molecular weight excluding hydrogens is 616 g/mol. The third-order valence-electron chi connectivity index (χ3n) is 7.85. The molecule has 8 nitrogen and oxygen atoms in total. The Hall–Kier alpha value is -5.67. The van der Waals surface area contributed by atoms with E-state index in [-0.39, 0.29) is 11.5 Å². The molecule has 0 unspecified atom stereocenters. The fraction of sp³-hybridized carbons (Fsp3) is 0.105. The number of carboxylic acids is 1. The van der Waals surface area contributed by atoms with Crippen LogP contribution in [0.4, 0.5) is 0 Å². The number of furan rings is 1. The number of hydrogen-bond acceptors (Lipinski definition) is 7. The average Bonchev–Trinajstić information content (AvgIpc) is 3.45. The second-order valence-electron chi connectivity index (χ2n) is 11.0. The van der Waals surface area contributed by atoms with Crippen molar-refractivity contribution in [2.24, 2.45) is 0 Å². The van der Waals surface area contributed by atoms with Gasteiger partial charge in [-0.05, 0) is 47.9 Å². The predicted molar refractivity (Wildman–Crippen MR) is 178 cm³/mol. The molecule has 5 aromatic carbocycles. The molecule has 0 atom stereocenters. The van der Waals surface area contributed by atoms with Crippen molar-refractivity contribution in [2.45, 2.75) is 31.1 Å². The molecule has 0 saturated heterocycles. The van der Waals surface area contributed by atoms with Crippen LogP contribution in [0.2, 0.25) is 0 Å². The minimum atomic E-state index is -4.61. The molecule has 1 heterocycles. The normalized spacial score (nSPS) is 11.4. The molecule has 9 heteroatoms. The highest BCUT2D eigenvalue weighted by Crippen LogP contribution is 2.43. The van der Waals surface area contributed by atoms with Gasteiger partial charge >= 0.3 is 16.1 Å². The van der Waals surface area contributed by atoms with Crippen LogP contribution in [0, 0.1) is 0 Å². The van der Waals surface area contributed by atoms with Crippen LogP contribution in [0.5, 0.6) is 11.5 Å². The fourth-order valence-corrected chi connectivity index (χ4v) is 6.51. The number of carbonyl (C=O) groups excluding carboxylic acids is 1. The molecule has 0 amide bonds. The molecule has 6 rings (SSSR count). The molecule has 0 aliphatic carbocycles. The van der Waals surface area contributed by atoms with Gasteiger partial charge in [0.05, 0.1) is 5.56 Å². The average molecular weight is 647 g/mol. The van der Waals surface area contributed by atoms with E-state index in [0.29, 0.717) is 56.5 Å². The Morgan fingerprint density at radius 3 is 1.96 bits per heavy atom. The number of fused-ring (bicyclic) bond motifs is 1. The van der Waals surface area contributed by atoms with Gasteiger partial charge in [0.15, 0.2) is 11.5 Å². The number of carboxylic acid groups (broad SMARTS) is 1. The quantitative estimate of drug-likeness (QED) is 0.106. The molecule has 0 bridgehead atoms. The van der Waals surface area contributed by atoms with Gasteiger partial charge in [-0.2, -0.15) is 8.42 Å². The van der Waals surface area contributed by atoms with Crippen LogP contribution in [-0.4, -0.2) is 30.4 Å². The molecule has 0 radical (unpaired) electrons. The van der Waals surface area contributed by atoms with Gasteiger partial charge < -0.3 is 18.8 Å². The highest BCUT2D eigenvalue weighted by molar-refractivity contribution is 7.87. The summed E-state index contributed by atoms with van der Waals surface area (Å²) in [5, 5.41) is 20.2. The van der Waals surface area contributed by atoms with Crippen molar-refractivity contribution >= 4 is 32.8 Å². The molecular formula is C38H30O8S. The fourth-order valence-electron chi connectivity index (χ4n) is 5.52. The molecule has 6 aromatic rings. The number of carbonyl (C=O) groups is 2. The number of rotatable bonds is 11. The van der Waals surface area contributed by atoms with Gasteiger partial charge in [0.25, 0.3) is 0 Å². The van der Waals surface area contributed by atoms with Crippen LogP contribution in [0.3, 0.4) is 0 Å². The predicted octanol–water partition coefficient (Wildman–Crippen LogP) is 8.51. The summed E-state index contributed by atoms with van der Waals surface area (Å²) in [6.07, 6.45) is 2.33. The maximum atomic E-state index is 14.5. The molecule has 0 saturated carbocycles. The Kier molecular flexibility index (Phi) is 8.65. The smallest absolute Gasteiger partial charge is 0.339 e. The van der Waals surface area contributed by atoms with Crippen molar-refractivity contribution in [1.82, 2.24) is 0 Å². The van der Waals surface area contributed by atoms with Crippen LogP contribution in [0.25, 0.3) is 33.2 Å². The summed E-state index contributed by atoms with van der Waals surface area (Å²) in [5.41, 5.74) is 2.79. The number of phenols is 1. The first-order valence-electron chi connectivity index (χ1n) is 15.0. The van der Waals surface area contributed by atoms with E-state index in [2.05, 4.69) is 6.92 Å². The number of aromatic hydroxyl groups is 1. The zero-order valence-electron chi connectivity index (χ0n) is 25.3. The van der Waals surface area contributed by atoms with Crippen molar-refractivity contribution in [3.8, 4) is 33.8 Å². The summed E-state index contributed by atoms with van der Waals surface area (Å²) in [7, 11) is -4.61. The van der Waals surface area contributed by atoms with Gasteiger partial charge in [-0.1, -0.05) is 92.2 Å². The molecule has 0 spiro atoms. The second-order valence-corrected chi connectivity index (χ2v) is 12.5. The third-order valence-corrected chi connectivity index (χ3v) is 9.07. The maximum absolute atomic E-state index is 14.5. The van der Waals surface area contributed by atoms with Crippen LogP contribution < -0.4 is 4.18 Å². The summed E-state index contributed by atoms with van der Waals surface area (Å²) in [4.78, 5) is 25.5. The van der Waals surface area contributed by atoms with Crippen LogP contribution in [0.15, 0.2) is 125 Å². The minimum Gasteiger partial charge on any atom is -0.507 e. The number of para-hydroxylation sites is 1. The van der Waals surface area contributed by atoms with Crippen molar-refractivity contribution < 1.29 is 36.8 Å². The summed E-state index contributed by atoms with van der Waals surface area (Å²) in [5.74, 6) is -1.86. The second kappa shape index (κ2) is 13.0. The number of aryl methyl sites for hydroxylation is 1. The monoisotopic (exact) mass is 646 g/mol. The molecule has 0 fully saturated rings. The third kappa shape index (κ3) is 6.25. The molecule has 0 aliphatic rings. The van der Waals surface area contributed by atoms with Gasteiger partial charge in [-0.3, -0.25) is 4.79 Å². The van der Waals surface area contributed by atoms with E-state index in [4.69, 9.17) is 8.60 Å². The largest absolute Gasteiger partial charge is 0.507 e. The van der Waals surface area contributed by atoms with E-state index < -0.39 is 32.3 Å². The Labute approximate surface area is 271 Å². The SMILES string of the molecule is CCCCc1oc2ccccc2c1C(=O)c1cc(-c2ccccc2)c(OS(=O)(=O)c2ccc(C(=O)O)c(O)c2)c(-c2ccccc2)c1. The topological polar surface area (TPSA) is 131 Å². The number of hydrogen-bond donors (Lipinski definition) is 2. The summed E-state index contributed by atoms with van der Waals surface area (Å²) in [6.45, 7) is 2.07. The standard InChI is InChI=1S/C38H30O8S/c1-2-3-17-34-35(29-16-10-11-18-33(29)45-34)36(40)26-21-30(24-12-6-4-7-13-24)37(31(22-26)25-14-8-5-9-15-25)46-47(43,44)27-19-20-28(38(41)42)32(39)23-27/h4-16,18-23,39H,2-3,17H2,1H3,(H,41,42). The Balaban J connectivity index is 1.58. The van der Waals surface area contributed by atoms with Crippen molar-refractivity contribution in [3.05, 3.63) is 138 Å². The maximum Gasteiger partial charge on any atom is 0.339 e. The van der Waals surface area contributed by atoms with E-state index in [0.717, 1.165) is 31.0 Å². The van der Waals surface area contributed by atoms with Crippen molar-refractivity contribution in [3.63, 3.8) is 0 Å². The van der Waals surface area contributed by atoms with E-state index >= 15 is 0 Å². The molecule has 47 heavy (non-hydrogen) atoms. The number of ketones is 1. The molecule has 1 aromatic heterocycles. The highest BCUT2D eigenvalue weighted by atomic mass is 32.2. The zero-order chi connectivity index (χ0) is 33.1. The van der Waals surface area contributed by atoms with Gasteiger partial charge in [0, 0.05) is 34.6 Å². The van der Waals surface area contributed by atoms with Crippen LogP contribution in [0.1, 0.15) is 51.8 Å². The van der Waals surface area contributed by atoms with Gasteiger partial charge in [0.2, 0.25) is 0 Å². The number of benzene rings is 5. The van der Waals surface area contributed by atoms with E-state index in [1.807, 2.05) is 36.4 Å². The number of unbranched alkanes of at least 4 members (excludes halogenated alkanes) is 1. The summed E-state index contributed by atoms with van der Waals surface area (Å²) in [6, 6.07) is 31.4. The van der Waals surface area contributed by atoms with Crippen LogP contribution in [-0.2, 0) is 16.5 Å². The zero-order valence-corrected chi connectivity index (χ0v) is 26.2. The first kappa shape index (κ1) is 31.3. The molecule has 0 aliphatic heterocycles. The van der Waals surface area contributed by atoms with Gasteiger partial charge in [0.1, 0.15) is 27.6 Å². The summed E-state index contributed by atoms with van der Waals surface area (Å²) < 4.78 is 39.5. The lowest BCUT2D eigenvalue weighted by Crippen LogP contribution is -2.13. The Morgan fingerprint density at radius 2 is 1.38 bits per heavy atom.